The molecular formula is C17H18ClFN4O. The fourth-order valence-electron chi connectivity index (χ4n) is 2.61. The van der Waals surface area contributed by atoms with E-state index in [-0.39, 0.29) is 10.7 Å². The van der Waals surface area contributed by atoms with Crippen molar-refractivity contribution >= 4 is 29.0 Å². The van der Waals surface area contributed by atoms with Crippen LogP contribution in [0.3, 0.4) is 0 Å². The molecule has 2 heterocycles. The molecule has 0 spiro atoms. The van der Waals surface area contributed by atoms with E-state index in [1.807, 2.05) is 0 Å². The first-order valence-corrected chi connectivity index (χ1v) is 8.24. The monoisotopic (exact) mass is 348 g/mol. The molecule has 7 heteroatoms. The number of carbonyl (C=O) groups is 1. The summed E-state index contributed by atoms with van der Waals surface area (Å²) in [6.07, 6.45) is 5.33. The molecule has 0 unspecified atom stereocenters. The number of hydrogen-bond acceptors (Lipinski definition) is 4. The van der Waals surface area contributed by atoms with Crippen LogP contribution in [0.5, 0.6) is 0 Å². The Hall–Kier alpha value is -2.21. The first kappa shape index (κ1) is 16.6. The molecule has 1 amide bonds. The predicted molar refractivity (Wildman–Crippen MR) is 92.0 cm³/mol. The van der Waals surface area contributed by atoms with Crippen LogP contribution in [0.15, 0.2) is 30.6 Å². The van der Waals surface area contributed by atoms with Gasteiger partial charge in [0, 0.05) is 18.8 Å². The Morgan fingerprint density at radius 3 is 2.67 bits per heavy atom. The van der Waals surface area contributed by atoms with E-state index in [0.29, 0.717) is 5.69 Å². The minimum absolute atomic E-state index is 0.0476. The summed E-state index contributed by atoms with van der Waals surface area (Å²) in [5.74, 6) is 0.573. The van der Waals surface area contributed by atoms with Gasteiger partial charge in [0.15, 0.2) is 0 Å². The summed E-state index contributed by atoms with van der Waals surface area (Å²) < 4.78 is 13.1. The molecule has 0 radical (unpaired) electrons. The van der Waals surface area contributed by atoms with E-state index in [2.05, 4.69) is 27.1 Å². The second kappa shape index (κ2) is 7.13. The van der Waals surface area contributed by atoms with Crippen molar-refractivity contribution in [2.24, 2.45) is 5.92 Å². The summed E-state index contributed by atoms with van der Waals surface area (Å²) in [4.78, 5) is 22.9. The van der Waals surface area contributed by atoms with E-state index in [9.17, 15) is 9.18 Å². The molecule has 5 nitrogen and oxygen atoms in total. The van der Waals surface area contributed by atoms with E-state index in [4.69, 9.17) is 11.6 Å². The molecule has 1 N–H and O–H groups in total. The predicted octanol–water partition coefficient (Wildman–Crippen LogP) is 3.76. The zero-order chi connectivity index (χ0) is 17.1. The molecule has 1 aliphatic rings. The number of piperidine rings is 1. The number of nitrogens with one attached hydrogen (secondary N) is 1. The van der Waals surface area contributed by atoms with Crippen LogP contribution >= 0.6 is 11.6 Å². The first-order chi connectivity index (χ1) is 11.5. The maximum absolute atomic E-state index is 13.1. The van der Waals surface area contributed by atoms with Crippen LogP contribution in [0.1, 0.15) is 30.3 Å². The number of nitrogens with zero attached hydrogens (tertiary/aromatic N) is 3. The van der Waals surface area contributed by atoms with Gasteiger partial charge in [-0.2, -0.15) is 0 Å². The third-order valence-corrected chi connectivity index (χ3v) is 4.45. The van der Waals surface area contributed by atoms with E-state index in [0.717, 1.165) is 37.7 Å². The highest BCUT2D eigenvalue weighted by Crippen LogP contribution is 2.21. The Bertz CT molecular complexity index is 730. The molecule has 0 saturated carbocycles. The highest BCUT2D eigenvalue weighted by Gasteiger charge is 2.18. The van der Waals surface area contributed by atoms with Gasteiger partial charge in [-0.3, -0.25) is 4.79 Å². The van der Waals surface area contributed by atoms with Gasteiger partial charge >= 0.3 is 0 Å². The standard InChI is InChI=1S/C17H18ClFN4O/c1-11-4-6-23(7-5-11)16-10-20-15(9-21-16)17(24)22-12-2-3-14(19)13(18)8-12/h2-3,8-11H,4-7H2,1H3,(H,22,24). The van der Waals surface area contributed by atoms with Gasteiger partial charge in [0.1, 0.15) is 17.3 Å². The maximum atomic E-state index is 13.1. The lowest BCUT2D eigenvalue weighted by Gasteiger charge is -2.30. The molecule has 1 aromatic heterocycles. The van der Waals surface area contributed by atoms with Gasteiger partial charge in [-0.25, -0.2) is 14.4 Å². The first-order valence-electron chi connectivity index (χ1n) is 7.86. The average molecular weight is 349 g/mol. The molecule has 1 aromatic carbocycles. The molecule has 0 atom stereocenters. The second-order valence-electron chi connectivity index (χ2n) is 6.01. The lowest BCUT2D eigenvalue weighted by molar-refractivity contribution is 0.102. The van der Waals surface area contributed by atoms with Crippen LogP contribution in [0.2, 0.25) is 5.02 Å². The summed E-state index contributed by atoms with van der Waals surface area (Å²) in [7, 11) is 0. The van der Waals surface area contributed by atoms with Gasteiger partial charge in [0.25, 0.3) is 5.91 Å². The zero-order valence-electron chi connectivity index (χ0n) is 13.3. The van der Waals surface area contributed by atoms with Crippen molar-refractivity contribution < 1.29 is 9.18 Å². The molecule has 1 aliphatic heterocycles. The second-order valence-corrected chi connectivity index (χ2v) is 6.42. The SMILES string of the molecule is CC1CCN(c2cnc(C(=O)Nc3ccc(F)c(Cl)c3)cn2)CC1. The summed E-state index contributed by atoms with van der Waals surface area (Å²) in [5, 5.41) is 2.58. The van der Waals surface area contributed by atoms with Crippen LogP contribution < -0.4 is 10.2 Å². The Morgan fingerprint density at radius 2 is 2.04 bits per heavy atom. The molecule has 0 aliphatic carbocycles. The number of hydrogen-bond donors (Lipinski definition) is 1. The summed E-state index contributed by atoms with van der Waals surface area (Å²) >= 11 is 5.70. The minimum Gasteiger partial charge on any atom is -0.355 e. The molecular weight excluding hydrogens is 331 g/mol. The number of anilines is 2. The normalized spacial score (nSPS) is 15.4. The number of carbonyl (C=O) groups excluding carboxylic acids is 1. The van der Waals surface area contributed by atoms with Crippen LogP contribution in [0.25, 0.3) is 0 Å². The van der Waals surface area contributed by atoms with Crippen molar-refractivity contribution in [3.8, 4) is 0 Å². The fraction of sp³-hybridized carbons (Fsp3) is 0.353. The van der Waals surface area contributed by atoms with E-state index >= 15 is 0 Å². The molecule has 2 aromatic rings. The Kier molecular flexibility index (Phi) is 4.94. The largest absolute Gasteiger partial charge is 0.355 e. The van der Waals surface area contributed by atoms with Crippen LogP contribution in [-0.2, 0) is 0 Å². The fourth-order valence-corrected chi connectivity index (χ4v) is 2.79. The number of aromatic nitrogens is 2. The van der Waals surface area contributed by atoms with Crippen molar-refractivity contribution in [2.45, 2.75) is 19.8 Å². The summed E-state index contributed by atoms with van der Waals surface area (Å²) in [6, 6.07) is 3.99. The van der Waals surface area contributed by atoms with Gasteiger partial charge < -0.3 is 10.2 Å². The Morgan fingerprint density at radius 1 is 1.29 bits per heavy atom. The maximum Gasteiger partial charge on any atom is 0.275 e. The van der Waals surface area contributed by atoms with Gasteiger partial charge in [0.2, 0.25) is 0 Å². The Labute approximate surface area is 144 Å². The van der Waals surface area contributed by atoms with Crippen molar-refractivity contribution in [1.82, 2.24) is 9.97 Å². The number of rotatable bonds is 3. The highest BCUT2D eigenvalue weighted by molar-refractivity contribution is 6.31. The van der Waals surface area contributed by atoms with E-state index in [1.54, 1.807) is 6.20 Å². The minimum atomic E-state index is -0.533. The third-order valence-electron chi connectivity index (χ3n) is 4.16. The molecule has 126 valence electrons. The highest BCUT2D eigenvalue weighted by atomic mass is 35.5. The van der Waals surface area contributed by atoms with Crippen molar-refractivity contribution in [3.63, 3.8) is 0 Å². The molecule has 3 rings (SSSR count). The number of amides is 1. The lowest BCUT2D eigenvalue weighted by atomic mass is 9.99. The average Bonchev–Trinajstić information content (AvgIpc) is 2.59. The smallest absolute Gasteiger partial charge is 0.275 e. The topological polar surface area (TPSA) is 58.1 Å². The van der Waals surface area contributed by atoms with E-state index in [1.165, 1.54) is 24.4 Å². The van der Waals surface area contributed by atoms with Gasteiger partial charge in [-0.1, -0.05) is 18.5 Å². The van der Waals surface area contributed by atoms with E-state index < -0.39 is 11.7 Å². The lowest BCUT2D eigenvalue weighted by Crippen LogP contribution is -2.33. The third kappa shape index (κ3) is 3.82. The molecule has 1 fully saturated rings. The van der Waals surface area contributed by atoms with Crippen LogP contribution in [0.4, 0.5) is 15.9 Å². The molecule has 24 heavy (non-hydrogen) atoms. The van der Waals surface area contributed by atoms with Crippen molar-refractivity contribution in [2.75, 3.05) is 23.3 Å². The van der Waals surface area contributed by atoms with Gasteiger partial charge in [-0.05, 0) is 37.0 Å². The van der Waals surface area contributed by atoms with Gasteiger partial charge in [0.05, 0.1) is 17.4 Å². The Balaban J connectivity index is 1.66. The molecule has 0 bridgehead atoms. The zero-order valence-corrected chi connectivity index (χ0v) is 14.1. The summed E-state index contributed by atoms with van der Waals surface area (Å²) in [5.41, 5.74) is 0.604. The molecule has 1 saturated heterocycles. The van der Waals surface area contributed by atoms with Crippen LogP contribution in [0, 0.1) is 11.7 Å². The number of benzene rings is 1. The van der Waals surface area contributed by atoms with Gasteiger partial charge in [-0.15, -0.1) is 0 Å². The van der Waals surface area contributed by atoms with Crippen LogP contribution in [-0.4, -0.2) is 29.0 Å². The summed E-state index contributed by atoms with van der Waals surface area (Å²) in [6.45, 7) is 4.16. The van der Waals surface area contributed by atoms with Crippen molar-refractivity contribution in [3.05, 3.63) is 47.1 Å². The quantitative estimate of drug-likeness (QED) is 0.917. The van der Waals surface area contributed by atoms with Crippen molar-refractivity contribution in [1.29, 1.82) is 0 Å². The number of halogens is 2.